The fourth-order valence-electron chi connectivity index (χ4n) is 0.626. The maximum Gasteiger partial charge on any atom is 0.335 e. The van der Waals surface area contributed by atoms with Gasteiger partial charge in [0.25, 0.3) is 0 Å². The van der Waals surface area contributed by atoms with Crippen LogP contribution >= 0.6 is 0 Å². The van der Waals surface area contributed by atoms with Crippen molar-refractivity contribution in [3.8, 4) is 0 Å². The molecule has 19 heavy (non-hydrogen) atoms. The summed E-state index contributed by atoms with van der Waals surface area (Å²) in [6.07, 6.45) is -5.14. The van der Waals surface area contributed by atoms with Crippen LogP contribution in [-0.4, -0.2) is 80.2 Å². The number of aliphatic carboxylic acids is 2. The molecule has 4 atom stereocenters. The number of carbonyl (C=O) groups is 2. The fourth-order valence-corrected chi connectivity index (χ4v) is 0.626. The van der Waals surface area contributed by atoms with E-state index in [-0.39, 0.29) is 12.7 Å². The quantitative estimate of drug-likeness (QED) is 0.300. The first-order valence-corrected chi connectivity index (χ1v) is 5.35. The second-order valence-corrected chi connectivity index (χ2v) is 3.74. The van der Waals surface area contributed by atoms with Crippen molar-refractivity contribution in [2.45, 2.75) is 38.3 Å². The third-order valence-electron chi connectivity index (χ3n) is 1.68. The third-order valence-corrected chi connectivity index (χ3v) is 1.68. The van der Waals surface area contributed by atoms with Gasteiger partial charge in [-0.05, 0) is 13.8 Å². The average molecular weight is 284 g/mol. The highest BCUT2D eigenvalue weighted by Crippen LogP contribution is 1.92. The molecule has 6 N–H and O–H groups in total. The minimum atomic E-state index is -2.27. The van der Waals surface area contributed by atoms with Gasteiger partial charge in [0.1, 0.15) is 0 Å². The van der Waals surface area contributed by atoms with Crippen LogP contribution in [0.25, 0.3) is 0 Å². The van der Waals surface area contributed by atoms with Gasteiger partial charge in [0.05, 0.1) is 25.4 Å². The Labute approximate surface area is 109 Å². The molecule has 114 valence electrons. The van der Waals surface area contributed by atoms with Gasteiger partial charge in [-0.1, -0.05) is 0 Å². The Morgan fingerprint density at radius 2 is 1.37 bits per heavy atom. The predicted octanol–water partition coefficient (Wildman–Crippen LogP) is -2.36. The molecular formula is C10H20O9. The van der Waals surface area contributed by atoms with Gasteiger partial charge in [-0.2, -0.15) is 0 Å². The highest BCUT2D eigenvalue weighted by molar-refractivity contribution is 5.83. The molecule has 0 amide bonds. The van der Waals surface area contributed by atoms with E-state index in [4.69, 9.17) is 35.4 Å². The zero-order valence-electron chi connectivity index (χ0n) is 10.6. The van der Waals surface area contributed by atoms with Crippen LogP contribution < -0.4 is 0 Å². The van der Waals surface area contributed by atoms with Crippen molar-refractivity contribution in [2.24, 2.45) is 0 Å². The van der Waals surface area contributed by atoms with E-state index < -0.39 is 30.3 Å². The summed E-state index contributed by atoms with van der Waals surface area (Å²) in [6.45, 7) is 3.70. The molecule has 9 heteroatoms. The van der Waals surface area contributed by atoms with E-state index in [2.05, 4.69) is 0 Å². The average Bonchev–Trinajstić information content (AvgIpc) is 2.34. The zero-order valence-corrected chi connectivity index (χ0v) is 10.6. The topological polar surface area (TPSA) is 165 Å². The molecule has 0 aliphatic rings. The Bertz CT molecular complexity index is 248. The van der Waals surface area contributed by atoms with Crippen molar-refractivity contribution >= 4 is 11.9 Å². The lowest BCUT2D eigenvalue weighted by molar-refractivity contribution is -0.165. The molecule has 0 aliphatic heterocycles. The number of ether oxygens (including phenoxy) is 1. The molecule has 0 aromatic heterocycles. The van der Waals surface area contributed by atoms with Crippen LogP contribution in [0.15, 0.2) is 0 Å². The number of carboxylic acid groups (broad SMARTS) is 2. The maximum absolute atomic E-state index is 9.77. The number of carboxylic acids is 2. The number of aliphatic hydroxyl groups is 4. The Morgan fingerprint density at radius 3 is 1.58 bits per heavy atom. The molecule has 0 aromatic rings. The highest BCUT2D eigenvalue weighted by Gasteiger charge is 2.29. The molecular weight excluding hydrogens is 264 g/mol. The summed E-state index contributed by atoms with van der Waals surface area (Å²) in [7, 11) is 0. The standard InChI is InChI=1S/C6H14O3.C4H6O6/c1-5(8)4-9-6(2)3-7;5-1(3(7)8)2(6)4(9)10/h5-8H,3-4H2,1-2H3;1-2,5-6H,(H,7,8)(H,9,10). The second-order valence-electron chi connectivity index (χ2n) is 3.74. The van der Waals surface area contributed by atoms with Crippen molar-refractivity contribution < 1.29 is 45.0 Å². The Morgan fingerprint density at radius 1 is 1.00 bits per heavy atom. The first-order chi connectivity index (χ1) is 8.63. The summed E-state index contributed by atoms with van der Waals surface area (Å²) in [5.41, 5.74) is 0. The number of rotatable bonds is 7. The van der Waals surface area contributed by atoms with E-state index in [1.165, 1.54) is 0 Å². The van der Waals surface area contributed by atoms with Crippen LogP contribution in [0.5, 0.6) is 0 Å². The fraction of sp³-hybridized carbons (Fsp3) is 0.800. The van der Waals surface area contributed by atoms with Crippen molar-refractivity contribution in [3.05, 3.63) is 0 Å². The van der Waals surface area contributed by atoms with Gasteiger partial charge in [-0.3, -0.25) is 0 Å². The SMILES string of the molecule is CC(O)COC(C)CO.O=C(O)C(O)C(O)C(=O)O. The van der Waals surface area contributed by atoms with Gasteiger partial charge in [-0.15, -0.1) is 0 Å². The highest BCUT2D eigenvalue weighted by atomic mass is 16.5. The normalized spacial score (nSPS) is 16.5. The van der Waals surface area contributed by atoms with E-state index in [0.29, 0.717) is 6.61 Å². The maximum atomic E-state index is 9.77. The summed E-state index contributed by atoms with van der Waals surface area (Å²) < 4.78 is 4.95. The molecule has 0 spiro atoms. The zero-order chi connectivity index (χ0) is 15.6. The van der Waals surface area contributed by atoms with Gasteiger partial charge >= 0.3 is 11.9 Å². The minimum absolute atomic E-state index is 0.00667. The summed E-state index contributed by atoms with van der Waals surface area (Å²) in [4.78, 5) is 19.5. The lowest BCUT2D eigenvalue weighted by Gasteiger charge is -2.10. The lowest BCUT2D eigenvalue weighted by Crippen LogP contribution is -2.39. The Hall–Kier alpha value is -1.26. The second kappa shape index (κ2) is 10.6. The van der Waals surface area contributed by atoms with Gasteiger partial charge in [0.15, 0.2) is 12.2 Å². The van der Waals surface area contributed by atoms with Gasteiger partial charge < -0.3 is 35.4 Å². The molecule has 4 unspecified atom stereocenters. The van der Waals surface area contributed by atoms with Crippen LogP contribution in [0, 0.1) is 0 Å². The van der Waals surface area contributed by atoms with Crippen LogP contribution in [0.4, 0.5) is 0 Å². The number of aliphatic hydroxyl groups excluding tert-OH is 4. The first kappa shape index (κ1) is 20.1. The summed E-state index contributed by atoms with van der Waals surface area (Å²) in [5.74, 6) is -3.54. The Balaban J connectivity index is 0. The monoisotopic (exact) mass is 284 g/mol. The van der Waals surface area contributed by atoms with E-state index in [0.717, 1.165) is 0 Å². The van der Waals surface area contributed by atoms with E-state index in [1.54, 1.807) is 13.8 Å². The lowest BCUT2D eigenvalue weighted by atomic mass is 10.2. The molecule has 0 saturated heterocycles. The van der Waals surface area contributed by atoms with Crippen LogP contribution in [0.1, 0.15) is 13.8 Å². The molecule has 9 nitrogen and oxygen atoms in total. The molecule has 0 heterocycles. The first-order valence-electron chi connectivity index (χ1n) is 5.35. The largest absolute Gasteiger partial charge is 0.479 e. The number of hydrogen-bond donors (Lipinski definition) is 6. The summed E-state index contributed by atoms with van der Waals surface area (Å²) in [5, 5.41) is 49.7. The molecule has 0 bridgehead atoms. The van der Waals surface area contributed by atoms with Gasteiger partial charge in [0, 0.05) is 0 Å². The predicted molar refractivity (Wildman–Crippen MR) is 61.5 cm³/mol. The van der Waals surface area contributed by atoms with Gasteiger partial charge in [0.2, 0.25) is 0 Å². The van der Waals surface area contributed by atoms with Crippen molar-refractivity contribution in [2.75, 3.05) is 13.2 Å². The minimum Gasteiger partial charge on any atom is -0.479 e. The van der Waals surface area contributed by atoms with Crippen LogP contribution in [0.3, 0.4) is 0 Å². The molecule has 0 radical (unpaired) electrons. The number of hydrogen-bond acceptors (Lipinski definition) is 7. The van der Waals surface area contributed by atoms with Crippen molar-refractivity contribution in [3.63, 3.8) is 0 Å². The van der Waals surface area contributed by atoms with Crippen molar-refractivity contribution in [1.29, 1.82) is 0 Å². The van der Waals surface area contributed by atoms with E-state index in [9.17, 15) is 9.59 Å². The van der Waals surface area contributed by atoms with E-state index in [1.807, 2.05) is 0 Å². The van der Waals surface area contributed by atoms with Crippen molar-refractivity contribution in [1.82, 2.24) is 0 Å². The van der Waals surface area contributed by atoms with E-state index >= 15 is 0 Å². The summed E-state index contributed by atoms with van der Waals surface area (Å²) in [6, 6.07) is 0. The summed E-state index contributed by atoms with van der Waals surface area (Å²) >= 11 is 0. The van der Waals surface area contributed by atoms with Gasteiger partial charge in [-0.25, -0.2) is 9.59 Å². The smallest absolute Gasteiger partial charge is 0.335 e. The molecule has 0 fully saturated rings. The molecule has 0 aliphatic carbocycles. The molecule has 0 aromatic carbocycles. The Kier molecular flexibility index (Phi) is 11.2. The third kappa shape index (κ3) is 11.6. The van der Waals surface area contributed by atoms with Crippen LogP contribution in [0.2, 0.25) is 0 Å². The molecule has 0 rings (SSSR count). The van der Waals surface area contributed by atoms with Crippen LogP contribution in [-0.2, 0) is 14.3 Å². The molecule has 0 saturated carbocycles.